The van der Waals surface area contributed by atoms with Crippen molar-refractivity contribution in [2.75, 3.05) is 14.2 Å². The van der Waals surface area contributed by atoms with Crippen molar-refractivity contribution in [3.8, 4) is 0 Å². The van der Waals surface area contributed by atoms with E-state index >= 15 is 0 Å². The zero-order valence-electron chi connectivity index (χ0n) is 8.63. The number of hydrogen-bond acceptors (Lipinski definition) is 4. The smallest absolute Gasteiger partial charge is 0.445 e. The molecule has 0 aliphatic heterocycles. The Balaban J connectivity index is 4.20. The highest BCUT2D eigenvalue weighted by molar-refractivity contribution is 6.77. The summed E-state index contributed by atoms with van der Waals surface area (Å²) in [4.78, 5) is 0. The molecule has 0 bridgehead atoms. The maximum Gasteiger partial charge on any atom is 0.488 e. The average Bonchev–Trinajstić information content (AvgIpc) is 2.04. The van der Waals surface area contributed by atoms with Crippen LogP contribution in [0.2, 0.25) is 19.6 Å². The van der Waals surface area contributed by atoms with E-state index in [-0.39, 0.29) is 0 Å². The van der Waals surface area contributed by atoms with E-state index in [2.05, 4.69) is 0 Å². The molecular formula is C5H18O4Si3. The summed E-state index contributed by atoms with van der Waals surface area (Å²) in [5.74, 6) is 0. The zero-order valence-corrected chi connectivity index (χ0v) is 12.6. The molecule has 0 aromatic rings. The molecule has 0 saturated carbocycles. The molecule has 0 heterocycles. The summed E-state index contributed by atoms with van der Waals surface area (Å²) in [5.41, 5.74) is 0. The van der Waals surface area contributed by atoms with Crippen molar-refractivity contribution < 1.29 is 17.1 Å². The van der Waals surface area contributed by atoms with E-state index in [0.29, 0.717) is 10.5 Å². The summed E-state index contributed by atoms with van der Waals surface area (Å²) in [6, 6.07) is 0. The first kappa shape index (κ1) is 12.5. The van der Waals surface area contributed by atoms with E-state index in [4.69, 9.17) is 17.1 Å². The first-order valence-electron chi connectivity index (χ1n) is 3.75. The van der Waals surface area contributed by atoms with Crippen LogP contribution in [0.3, 0.4) is 0 Å². The summed E-state index contributed by atoms with van der Waals surface area (Å²) in [6.45, 7) is 5.84. The molecule has 7 heteroatoms. The topological polar surface area (TPSA) is 36.9 Å². The minimum absolute atomic E-state index is 0.694. The van der Waals surface area contributed by atoms with Gasteiger partial charge in [-0.3, -0.25) is 0 Å². The lowest BCUT2D eigenvalue weighted by molar-refractivity contribution is 0.155. The van der Waals surface area contributed by atoms with Crippen LogP contribution in [0.25, 0.3) is 0 Å². The van der Waals surface area contributed by atoms with Crippen LogP contribution in [-0.4, -0.2) is 42.1 Å². The van der Waals surface area contributed by atoms with E-state index < -0.39 is 17.4 Å². The summed E-state index contributed by atoms with van der Waals surface area (Å²) in [5, 5.41) is 0. The molecular weight excluding hydrogens is 208 g/mol. The quantitative estimate of drug-likeness (QED) is 0.612. The molecule has 0 atom stereocenters. The van der Waals surface area contributed by atoms with Gasteiger partial charge in [-0.05, 0) is 13.1 Å². The van der Waals surface area contributed by atoms with E-state index in [1.807, 2.05) is 19.6 Å². The van der Waals surface area contributed by atoms with Gasteiger partial charge in [0.25, 0.3) is 0 Å². The van der Waals surface area contributed by atoms with Gasteiger partial charge in [-0.2, -0.15) is 0 Å². The molecule has 0 aliphatic rings. The molecule has 0 rings (SSSR count). The van der Waals surface area contributed by atoms with Crippen LogP contribution in [0.5, 0.6) is 0 Å². The van der Waals surface area contributed by atoms with Gasteiger partial charge < -0.3 is 17.1 Å². The van der Waals surface area contributed by atoms with Crippen molar-refractivity contribution in [2.45, 2.75) is 19.6 Å². The molecule has 0 unspecified atom stereocenters. The van der Waals surface area contributed by atoms with Crippen molar-refractivity contribution in [3.63, 3.8) is 0 Å². The Labute approximate surface area is 79.3 Å². The second-order valence-corrected chi connectivity index (χ2v) is 10.8. The van der Waals surface area contributed by atoms with Crippen molar-refractivity contribution in [2.24, 2.45) is 0 Å². The SMILES string of the molecule is CO[Si](C)(OC)O[Si](C)(C)O[SiH3]. The minimum atomic E-state index is -2.39. The van der Waals surface area contributed by atoms with Crippen LogP contribution in [0, 0.1) is 0 Å². The fourth-order valence-electron chi connectivity index (χ4n) is 0.655. The molecule has 0 spiro atoms. The maximum absolute atomic E-state index is 5.72. The summed E-state index contributed by atoms with van der Waals surface area (Å²) in [7, 11) is -0.473. The monoisotopic (exact) mass is 226 g/mol. The predicted octanol–water partition coefficient (Wildman–Crippen LogP) is -0.137. The van der Waals surface area contributed by atoms with Crippen LogP contribution in [-0.2, 0) is 17.1 Å². The van der Waals surface area contributed by atoms with Gasteiger partial charge in [0.2, 0.25) is 0 Å². The minimum Gasteiger partial charge on any atom is -0.445 e. The molecule has 0 amide bonds. The summed E-state index contributed by atoms with van der Waals surface area (Å²) >= 11 is 0. The number of hydrogen-bond donors (Lipinski definition) is 0. The third-order valence-corrected chi connectivity index (χ3v) is 10.5. The summed E-state index contributed by atoms with van der Waals surface area (Å²) < 4.78 is 21.5. The predicted molar refractivity (Wildman–Crippen MR) is 55.2 cm³/mol. The largest absolute Gasteiger partial charge is 0.488 e. The Kier molecular flexibility index (Phi) is 4.84. The fraction of sp³-hybridized carbons (Fsp3) is 1.00. The lowest BCUT2D eigenvalue weighted by Crippen LogP contribution is -2.51. The molecule has 0 aliphatic carbocycles. The molecule has 0 aromatic heterocycles. The lowest BCUT2D eigenvalue weighted by Gasteiger charge is -2.31. The second kappa shape index (κ2) is 4.65. The van der Waals surface area contributed by atoms with E-state index in [9.17, 15) is 0 Å². The van der Waals surface area contributed by atoms with Crippen LogP contribution < -0.4 is 0 Å². The van der Waals surface area contributed by atoms with Crippen molar-refractivity contribution >= 4 is 27.9 Å². The number of rotatable bonds is 5. The first-order valence-corrected chi connectivity index (χ1v) is 9.60. The van der Waals surface area contributed by atoms with Crippen LogP contribution in [0.4, 0.5) is 0 Å². The normalized spacial score (nSPS) is 13.8. The average molecular weight is 226 g/mol. The zero-order chi connectivity index (χ0) is 9.83. The van der Waals surface area contributed by atoms with Gasteiger partial charge in [0, 0.05) is 20.8 Å². The highest BCUT2D eigenvalue weighted by Crippen LogP contribution is 2.15. The van der Waals surface area contributed by atoms with Crippen LogP contribution in [0.1, 0.15) is 0 Å². The van der Waals surface area contributed by atoms with E-state index in [1.54, 1.807) is 14.2 Å². The second-order valence-electron chi connectivity index (χ2n) is 2.98. The highest BCUT2D eigenvalue weighted by atomic mass is 28.5. The maximum atomic E-state index is 5.72. The fourth-order valence-corrected chi connectivity index (χ4v) is 6.14. The van der Waals surface area contributed by atoms with Gasteiger partial charge in [0.1, 0.15) is 10.5 Å². The Morgan fingerprint density at radius 3 is 1.67 bits per heavy atom. The summed E-state index contributed by atoms with van der Waals surface area (Å²) in [6.07, 6.45) is 0. The van der Waals surface area contributed by atoms with Crippen molar-refractivity contribution in [1.82, 2.24) is 0 Å². The molecule has 0 fully saturated rings. The standard InChI is InChI=1S/C5H18O4Si3/c1-6-12(5,7-2)9-11(3,4)8-10/h1-5,10H3. The molecule has 0 radical (unpaired) electrons. The van der Waals surface area contributed by atoms with Gasteiger partial charge >= 0.3 is 17.4 Å². The van der Waals surface area contributed by atoms with E-state index in [1.165, 1.54) is 0 Å². The molecule has 0 aromatic carbocycles. The van der Waals surface area contributed by atoms with Crippen molar-refractivity contribution in [1.29, 1.82) is 0 Å². The highest BCUT2D eigenvalue weighted by Gasteiger charge is 2.40. The van der Waals surface area contributed by atoms with E-state index in [0.717, 1.165) is 0 Å². The molecule has 74 valence electrons. The van der Waals surface area contributed by atoms with Crippen LogP contribution in [0.15, 0.2) is 0 Å². The molecule has 12 heavy (non-hydrogen) atoms. The third kappa shape index (κ3) is 3.94. The van der Waals surface area contributed by atoms with Gasteiger partial charge in [0.15, 0.2) is 0 Å². The van der Waals surface area contributed by atoms with Crippen molar-refractivity contribution in [3.05, 3.63) is 0 Å². The first-order chi connectivity index (χ1) is 5.39. The van der Waals surface area contributed by atoms with Gasteiger partial charge in [-0.25, -0.2) is 0 Å². The van der Waals surface area contributed by atoms with Gasteiger partial charge in [0.05, 0.1) is 0 Å². The third-order valence-electron chi connectivity index (χ3n) is 1.66. The Morgan fingerprint density at radius 2 is 1.42 bits per heavy atom. The molecule has 4 nitrogen and oxygen atoms in total. The Morgan fingerprint density at radius 1 is 1.00 bits per heavy atom. The molecule has 0 saturated heterocycles. The Bertz CT molecular complexity index is 137. The lowest BCUT2D eigenvalue weighted by atomic mass is 11.8. The Hall–Kier alpha value is 0.491. The van der Waals surface area contributed by atoms with Gasteiger partial charge in [-0.15, -0.1) is 0 Å². The van der Waals surface area contributed by atoms with Gasteiger partial charge in [-0.1, -0.05) is 0 Å². The van der Waals surface area contributed by atoms with Crippen LogP contribution >= 0.6 is 0 Å². The molecule has 0 N–H and O–H groups in total.